The molecule has 1 aliphatic carbocycles. The molecule has 1 fully saturated rings. The maximum atomic E-state index is 12.7. The molecule has 0 unspecified atom stereocenters. The highest BCUT2D eigenvalue weighted by atomic mass is 35.5. The van der Waals surface area contributed by atoms with Crippen molar-refractivity contribution in [3.05, 3.63) is 34.3 Å². The van der Waals surface area contributed by atoms with Gasteiger partial charge >= 0.3 is 6.18 Å². The fraction of sp³-hybridized carbons (Fsp3) is 0.417. The second kappa shape index (κ2) is 4.46. The third kappa shape index (κ3) is 2.61. The molecule has 1 aromatic carbocycles. The van der Waals surface area contributed by atoms with Crippen molar-refractivity contribution >= 4 is 18.0 Å². The van der Waals surface area contributed by atoms with Gasteiger partial charge < -0.3 is 5.32 Å². The van der Waals surface area contributed by atoms with Crippen molar-refractivity contribution in [2.45, 2.75) is 31.0 Å². The van der Waals surface area contributed by atoms with Crippen LogP contribution in [0.5, 0.6) is 0 Å². The zero-order valence-corrected chi connectivity index (χ0v) is 10.1. The minimum Gasteiger partial charge on any atom is -0.353 e. The van der Waals surface area contributed by atoms with Crippen LogP contribution in [0.25, 0.3) is 0 Å². The first-order valence-electron chi connectivity index (χ1n) is 5.44. The number of alkyl halides is 3. The molecule has 0 spiro atoms. The van der Waals surface area contributed by atoms with Gasteiger partial charge in [-0.25, -0.2) is 0 Å². The molecular weight excluding hydrogens is 267 g/mol. The Hall–Kier alpha value is -1.23. The van der Waals surface area contributed by atoms with Crippen LogP contribution in [0.2, 0.25) is 5.02 Å². The molecule has 98 valence electrons. The Morgan fingerprint density at radius 3 is 2.56 bits per heavy atom. The quantitative estimate of drug-likeness (QED) is 0.842. The predicted molar refractivity (Wildman–Crippen MR) is 61.3 cm³/mol. The number of amides is 1. The van der Waals surface area contributed by atoms with E-state index in [0.717, 1.165) is 18.9 Å². The lowest BCUT2D eigenvalue weighted by Crippen LogP contribution is -2.32. The molecule has 0 bridgehead atoms. The number of benzene rings is 1. The van der Waals surface area contributed by atoms with Crippen LogP contribution in [0, 0.1) is 0 Å². The molecule has 1 amide bonds. The second-order valence-electron chi connectivity index (χ2n) is 4.50. The smallest absolute Gasteiger partial charge is 0.353 e. The van der Waals surface area contributed by atoms with Gasteiger partial charge in [-0.15, -0.1) is 0 Å². The molecule has 1 aromatic rings. The van der Waals surface area contributed by atoms with Crippen LogP contribution in [-0.2, 0) is 17.4 Å². The highest BCUT2D eigenvalue weighted by Crippen LogP contribution is 2.42. The molecule has 0 saturated heterocycles. The van der Waals surface area contributed by atoms with Gasteiger partial charge in [0.2, 0.25) is 6.41 Å². The van der Waals surface area contributed by atoms with E-state index in [0.29, 0.717) is 18.4 Å². The zero-order valence-electron chi connectivity index (χ0n) is 9.35. The average Bonchev–Trinajstić information content (AvgIpc) is 3.00. The molecule has 0 aromatic heterocycles. The van der Waals surface area contributed by atoms with E-state index in [2.05, 4.69) is 5.32 Å². The first-order chi connectivity index (χ1) is 8.38. The predicted octanol–water partition coefficient (Wildman–Crippen LogP) is 3.18. The van der Waals surface area contributed by atoms with Crippen molar-refractivity contribution in [1.82, 2.24) is 5.32 Å². The summed E-state index contributed by atoms with van der Waals surface area (Å²) in [4.78, 5) is 10.4. The van der Waals surface area contributed by atoms with E-state index in [9.17, 15) is 18.0 Å². The Balaban J connectivity index is 2.27. The van der Waals surface area contributed by atoms with E-state index in [-0.39, 0.29) is 5.02 Å². The number of hydrogen-bond acceptors (Lipinski definition) is 1. The molecule has 0 atom stereocenters. The van der Waals surface area contributed by atoms with Crippen LogP contribution in [0.4, 0.5) is 13.2 Å². The fourth-order valence-corrected chi connectivity index (χ4v) is 2.25. The van der Waals surface area contributed by atoms with Crippen molar-refractivity contribution in [2.24, 2.45) is 0 Å². The molecule has 2 nitrogen and oxygen atoms in total. The standard InChI is InChI=1S/C12H11ClF3NO/c13-10-8(6-11(4-5-11)17-7-18)2-1-3-9(10)12(14,15)16/h1-3,7H,4-6H2,(H,17,18). The second-order valence-corrected chi connectivity index (χ2v) is 4.87. The number of halogens is 4. The van der Waals surface area contributed by atoms with Crippen LogP contribution in [-0.4, -0.2) is 11.9 Å². The van der Waals surface area contributed by atoms with Gasteiger partial charge in [0.05, 0.1) is 10.6 Å². The molecule has 0 aliphatic heterocycles. The highest BCUT2D eigenvalue weighted by Gasteiger charge is 2.43. The van der Waals surface area contributed by atoms with Gasteiger partial charge in [-0.3, -0.25) is 4.79 Å². The fourth-order valence-electron chi connectivity index (χ4n) is 1.95. The van der Waals surface area contributed by atoms with Gasteiger partial charge in [0.25, 0.3) is 0 Å². The van der Waals surface area contributed by atoms with Crippen LogP contribution in [0.15, 0.2) is 18.2 Å². The molecule has 18 heavy (non-hydrogen) atoms. The summed E-state index contributed by atoms with van der Waals surface area (Å²) in [5.41, 5.74) is -0.822. The zero-order chi connectivity index (χ0) is 13.4. The lowest BCUT2D eigenvalue weighted by Gasteiger charge is -2.17. The number of rotatable bonds is 4. The normalized spacial score (nSPS) is 17.3. The van der Waals surface area contributed by atoms with E-state index < -0.39 is 17.3 Å². The Labute approximate surface area is 107 Å². The van der Waals surface area contributed by atoms with Gasteiger partial charge in [-0.2, -0.15) is 13.2 Å². The molecular formula is C12H11ClF3NO. The highest BCUT2D eigenvalue weighted by molar-refractivity contribution is 6.32. The maximum absolute atomic E-state index is 12.7. The summed E-state index contributed by atoms with van der Waals surface area (Å²) in [6.45, 7) is 0. The first kappa shape index (κ1) is 13.2. The van der Waals surface area contributed by atoms with Gasteiger partial charge in [0.1, 0.15) is 0 Å². The summed E-state index contributed by atoms with van der Waals surface area (Å²) in [5.74, 6) is 0. The molecule has 0 heterocycles. The largest absolute Gasteiger partial charge is 0.417 e. The molecule has 1 N–H and O–H groups in total. The minimum atomic E-state index is -4.46. The monoisotopic (exact) mass is 277 g/mol. The van der Waals surface area contributed by atoms with E-state index in [1.54, 1.807) is 6.07 Å². The number of carbonyl (C=O) groups is 1. The van der Waals surface area contributed by atoms with Gasteiger partial charge in [0, 0.05) is 5.54 Å². The summed E-state index contributed by atoms with van der Waals surface area (Å²) in [7, 11) is 0. The van der Waals surface area contributed by atoms with E-state index in [4.69, 9.17) is 11.6 Å². The third-order valence-electron chi connectivity index (χ3n) is 3.13. The van der Waals surface area contributed by atoms with Crippen molar-refractivity contribution < 1.29 is 18.0 Å². The van der Waals surface area contributed by atoms with Crippen LogP contribution < -0.4 is 5.32 Å². The Bertz CT molecular complexity index is 469. The average molecular weight is 278 g/mol. The van der Waals surface area contributed by atoms with Crippen LogP contribution in [0.1, 0.15) is 24.0 Å². The molecule has 2 rings (SSSR count). The first-order valence-corrected chi connectivity index (χ1v) is 5.82. The Kier molecular flexibility index (Phi) is 3.27. The third-order valence-corrected chi connectivity index (χ3v) is 3.58. The lowest BCUT2D eigenvalue weighted by molar-refractivity contribution is -0.137. The maximum Gasteiger partial charge on any atom is 0.417 e. The van der Waals surface area contributed by atoms with Gasteiger partial charge in [0.15, 0.2) is 0 Å². The van der Waals surface area contributed by atoms with Crippen molar-refractivity contribution in [3.8, 4) is 0 Å². The Morgan fingerprint density at radius 2 is 2.06 bits per heavy atom. The molecule has 1 saturated carbocycles. The molecule has 1 aliphatic rings. The van der Waals surface area contributed by atoms with Gasteiger partial charge in [-0.05, 0) is 30.9 Å². The van der Waals surface area contributed by atoms with Crippen molar-refractivity contribution in [3.63, 3.8) is 0 Å². The van der Waals surface area contributed by atoms with E-state index in [1.807, 2.05) is 0 Å². The van der Waals surface area contributed by atoms with E-state index in [1.165, 1.54) is 6.07 Å². The van der Waals surface area contributed by atoms with Crippen LogP contribution >= 0.6 is 11.6 Å². The summed E-state index contributed by atoms with van der Waals surface area (Å²) < 4.78 is 38.0. The van der Waals surface area contributed by atoms with Crippen molar-refractivity contribution in [2.75, 3.05) is 0 Å². The van der Waals surface area contributed by atoms with E-state index >= 15 is 0 Å². The lowest BCUT2D eigenvalue weighted by atomic mass is 10.0. The SMILES string of the molecule is O=CNC1(Cc2cccc(C(F)(F)F)c2Cl)CC1. The number of nitrogens with one attached hydrogen (secondary N) is 1. The summed E-state index contributed by atoms with van der Waals surface area (Å²) in [6.07, 6.45) is -2.03. The summed E-state index contributed by atoms with van der Waals surface area (Å²) in [5, 5.41) is 2.37. The number of carbonyl (C=O) groups excluding carboxylic acids is 1. The minimum absolute atomic E-state index is 0.274. The number of hydrogen-bond donors (Lipinski definition) is 1. The summed E-state index contributed by atoms with van der Waals surface area (Å²) >= 11 is 5.79. The molecule has 0 radical (unpaired) electrons. The topological polar surface area (TPSA) is 29.1 Å². The van der Waals surface area contributed by atoms with Crippen molar-refractivity contribution in [1.29, 1.82) is 0 Å². The molecule has 6 heteroatoms. The van der Waals surface area contributed by atoms with Crippen LogP contribution in [0.3, 0.4) is 0 Å². The van der Waals surface area contributed by atoms with Gasteiger partial charge in [-0.1, -0.05) is 23.7 Å². The Morgan fingerprint density at radius 1 is 1.39 bits per heavy atom. The summed E-state index contributed by atoms with van der Waals surface area (Å²) in [6, 6.07) is 3.85.